The summed E-state index contributed by atoms with van der Waals surface area (Å²) in [5, 5.41) is 6.69. The summed E-state index contributed by atoms with van der Waals surface area (Å²) in [4.78, 5) is 11.7. The highest BCUT2D eigenvalue weighted by Crippen LogP contribution is 2.12. The fraction of sp³-hybridized carbons (Fsp3) is 0.467. The van der Waals surface area contributed by atoms with Gasteiger partial charge in [0.1, 0.15) is 5.82 Å². The monoisotopic (exact) mass is 337 g/mol. The van der Waals surface area contributed by atoms with Crippen LogP contribution in [0.1, 0.15) is 37.6 Å². The van der Waals surface area contributed by atoms with Gasteiger partial charge in [-0.05, 0) is 37.0 Å². The van der Waals surface area contributed by atoms with Crippen molar-refractivity contribution in [1.82, 2.24) is 14.8 Å². The van der Waals surface area contributed by atoms with Crippen molar-refractivity contribution < 1.29 is 0 Å². The zero-order valence-corrected chi connectivity index (χ0v) is 13.3. The van der Waals surface area contributed by atoms with Gasteiger partial charge in [-0.15, -0.1) is 0 Å². The number of hydrogen-bond acceptors (Lipinski definition) is 2. The van der Waals surface area contributed by atoms with E-state index in [2.05, 4.69) is 57.3 Å². The van der Waals surface area contributed by atoms with E-state index in [4.69, 9.17) is 0 Å². The maximum absolute atomic E-state index is 11.7. The first kappa shape index (κ1) is 15.0. The number of aromatic nitrogens is 3. The largest absolute Gasteiger partial charge is 0.343 e. The van der Waals surface area contributed by atoms with Gasteiger partial charge in [0, 0.05) is 17.4 Å². The van der Waals surface area contributed by atoms with Gasteiger partial charge in [-0.1, -0.05) is 41.4 Å². The zero-order valence-electron chi connectivity index (χ0n) is 11.7. The third-order valence-electron chi connectivity index (χ3n) is 3.35. The molecule has 0 bridgehead atoms. The number of aromatic amines is 1. The molecule has 5 heteroatoms. The Balaban J connectivity index is 1.90. The van der Waals surface area contributed by atoms with Crippen molar-refractivity contribution in [3.63, 3.8) is 0 Å². The number of unbranched alkanes of at least 4 members (excludes halogenated alkanes) is 1. The van der Waals surface area contributed by atoms with Gasteiger partial charge in [-0.3, -0.25) is 4.57 Å². The van der Waals surface area contributed by atoms with Gasteiger partial charge >= 0.3 is 5.69 Å². The van der Waals surface area contributed by atoms with Crippen LogP contribution in [-0.4, -0.2) is 14.8 Å². The highest BCUT2D eigenvalue weighted by Gasteiger charge is 2.07. The topological polar surface area (TPSA) is 50.7 Å². The molecule has 0 fully saturated rings. The molecule has 4 nitrogen and oxygen atoms in total. The Bertz CT molecular complexity index is 586. The maximum Gasteiger partial charge on any atom is 0.343 e. The smallest absolute Gasteiger partial charge is 0.279 e. The van der Waals surface area contributed by atoms with Gasteiger partial charge in [-0.2, -0.15) is 5.10 Å². The summed E-state index contributed by atoms with van der Waals surface area (Å²) in [5.41, 5.74) is 1.23. The molecule has 1 heterocycles. The van der Waals surface area contributed by atoms with E-state index in [0.717, 1.165) is 48.9 Å². The summed E-state index contributed by atoms with van der Waals surface area (Å²) in [6, 6.07) is 8.36. The highest BCUT2D eigenvalue weighted by atomic mass is 79.9. The molecule has 0 amide bonds. The van der Waals surface area contributed by atoms with Gasteiger partial charge in [0.25, 0.3) is 0 Å². The lowest BCUT2D eigenvalue weighted by Gasteiger charge is -2.05. The maximum atomic E-state index is 11.7. The van der Waals surface area contributed by atoms with Crippen LogP contribution in [0.3, 0.4) is 0 Å². The quantitative estimate of drug-likeness (QED) is 0.842. The molecular weight excluding hydrogens is 318 g/mol. The molecule has 20 heavy (non-hydrogen) atoms. The molecule has 0 spiro atoms. The Morgan fingerprint density at radius 2 is 1.95 bits per heavy atom. The lowest BCUT2D eigenvalue weighted by molar-refractivity contribution is 0.580. The minimum absolute atomic E-state index is 0.0860. The van der Waals surface area contributed by atoms with Crippen LogP contribution in [0.2, 0.25) is 0 Å². The van der Waals surface area contributed by atoms with Crippen molar-refractivity contribution >= 4 is 15.9 Å². The molecule has 0 unspecified atom stereocenters. The number of nitrogens with zero attached hydrogens (tertiary/aromatic N) is 2. The van der Waals surface area contributed by atoms with Gasteiger partial charge in [0.05, 0.1) is 0 Å². The van der Waals surface area contributed by atoms with Gasteiger partial charge in [0.15, 0.2) is 0 Å². The number of halogens is 1. The summed E-state index contributed by atoms with van der Waals surface area (Å²) in [5.74, 6) is 0.876. The summed E-state index contributed by atoms with van der Waals surface area (Å²) < 4.78 is 2.87. The van der Waals surface area contributed by atoms with E-state index in [1.54, 1.807) is 4.57 Å². The Morgan fingerprint density at radius 3 is 2.65 bits per heavy atom. The average Bonchev–Trinajstić information content (AvgIpc) is 2.79. The normalized spacial score (nSPS) is 10.9. The number of aryl methyl sites for hydroxylation is 2. The van der Waals surface area contributed by atoms with Gasteiger partial charge in [-0.25, -0.2) is 9.89 Å². The van der Waals surface area contributed by atoms with E-state index in [1.165, 1.54) is 5.56 Å². The summed E-state index contributed by atoms with van der Waals surface area (Å²) in [6.45, 7) is 2.89. The first-order valence-electron chi connectivity index (χ1n) is 7.09. The van der Waals surface area contributed by atoms with E-state index in [-0.39, 0.29) is 5.69 Å². The number of H-pyrrole nitrogens is 1. The molecule has 0 saturated carbocycles. The second kappa shape index (κ2) is 7.43. The standard InChI is InChI=1S/C15H20BrN3O/c1-2-3-11-19-14(17-18-15(19)20)6-4-5-12-7-9-13(16)10-8-12/h7-10H,2-6,11H2,1H3,(H,18,20). The van der Waals surface area contributed by atoms with Crippen LogP contribution < -0.4 is 5.69 Å². The first-order valence-corrected chi connectivity index (χ1v) is 7.88. The van der Waals surface area contributed by atoms with Crippen LogP contribution in [0.5, 0.6) is 0 Å². The van der Waals surface area contributed by atoms with Crippen LogP contribution >= 0.6 is 15.9 Å². The molecule has 1 aromatic heterocycles. The molecule has 0 aliphatic rings. The molecule has 0 aliphatic heterocycles. The van der Waals surface area contributed by atoms with E-state index < -0.39 is 0 Å². The Labute approximate surface area is 127 Å². The molecule has 1 N–H and O–H groups in total. The lowest BCUT2D eigenvalue weighted by atomic mass is 10.1. The number of benzene rings is 1. The van der Waals surface area contributed by atoms with Crippen LogP contribution in [0.4, 0.5) is 0 Å². The summed E-state index contributed by atoms with van der Waals surface area (Å²) >= 11 is 3.43. The van der Waals surface area contributed by atoms with Crippen LogP contribution in [-0.2, 0) is 19.4 Å². The molecule has 2 rings (SSSR count). The first-order chi connectivity index (χ1) is 9.70. The average molecular weight is 338 g/mol. The van der Waals surface area contributed by atoms with E-state index in [9.17, 15) is 4.79 Å². The van der Waals surface area contributed by atoms with Crippen LogP contribution in [0.25, 0.3) is 0 Å². The molecule has 108 valence electrons. The molecule has 2 aromatic rings. The van der Waals surface area contributed by atoms with Crippen LogP contribution in [0.15, 0.2) is 33.5 Å². The van der Waals surface area contributed by atoms with Gasteiger partial charge < -0.3 is 0 Å². The Hall–Kier alpha value is -1.36. The van der Waals surface area contributed by atoms with Crippen molar-refractivity contribution in [3.05, 3.63) is 50.6 Å². The third kappa shape index (κ3) is 4.07. The SMILES string of the molecule is CCCCn1c(CCCc2ccc(Br)cc2)n[nH]c1=O. The van der Waals surface area contributed by atoms with Crippen molar-refractivity contribution in [1.29, 1.82) is 0 Å². The highest BCUT2D eigenvalue weighted by molar-refractivity contribution is 9.10. The van der Waals surface area contributed by atoms with Gasteiger partial charge in [0.2, 0.25) is 0 Å². The Morgan fingerprint density at radius 1 is 1.20 bits per heavy atom. The lowest BCUT2D eigenvalue weighted by Crippen LogP contribution is -2.19. The summed E-state index contributed by atoms with van der Waals surface area (Å²) in [7, 11) is 0. The zero-order chi connectivity index (χ0) is 14.4. The fourth-order valence-electron chi connectivity index (χ4n) is 2.19. The second-order valence-electron chi connectivity index (χ2n) is 4.93. The molecular formula is C15H20BrN3O. The van der Waals surface area contributed by atoms with E-state index >= 15 is 0 Å². The van der Waals surface area contributed by atoms with Crippen molar-refractivity contribution in [2.24, 2.45) is 0 Å². The number of nitrogens with one attached hydrogen (secondary N) is 1. The van der Waals surface area contributed by atoms with Crippen LogP contribution in [0, 0.1) is 0 Å². The Kier molecular flexibility index (Phi) is 5.59. The number of rotatable bonds is 7. The fourth-order valence-corrected chi connectivity index (χ4v) is 2.45. The number of hydrogen-bond donors (Lipinski definition) is 1. The third-order valence-corrected chi connectivity index (χ3v) is 3.88. The van der Waals surface area contributed by atoms with E-state index in [0.29, 0.717) is 0 Å². The summed E-state index contributed by atoms with van der Waals surface area (Å²) in [6.07, 6.45) is 4.92. The molecule has 0 saturated heterocycles. The van der Waals surface area contributed by atoms with Crippen molar-refractivity contribution in [3.8, 4) is 0 Å². The minimum atomic E-state index is -0.0860. The van der Waals surface area contributed by atoms with E-state index in [1.807, 2.05) is 0 Å². The van der Waals surface area contributed by atoms with Crippen molar-refractivity contribution in [2.75, 3.05) is 0 Å². The minimum Gasteiger partial charge on any atom is -0.279 e. The molecule has 1 aromatic carbocycles. The second-order valence-corrected chi connectivity index (χ2v) is 5.85. The predicted octanol–water partition coefficient (Wildman–Crippen LogP) is 3.31. The molecule has 0 aliphatic carbocycles. The predicted molar refractivity (Wildman–Crippen MR) is 83.9 cm³/mol. The molecule has 0 atom stereocenters. The molecule has 0 radical (unpaired) electrons. The van der Waals surface area contributed by atoms with Crippen molar-refractivity contribution in [2.45, 2.75) is 45.6 Å².